The van der Waals surface area contributed by atoms with Crippen LogP contribution in [-0.2, 0) is 4.79 Å². The number of nitrogens with one attached hydrogen (secondary N) is 1. The van der Waals surface area contributed by atoms with Gasteiger partial charge in [0.1, 0.15) is 5.82 Å². The van der Waals surface area contributed by atoms with Crippen molar-refractivity contribution in [1.29, 1.82) is 0 Å². The van der Waals surface area contributed by atoms with Crippen molar-refractivity contribution in [2.75, 3.05) is 31.6 Å². The third-order valence-corrected chi connectivity index (χ3v) is 2.87. The zero-order valence-electron chi connectivity index (χ0n) is 10.4. The fraction of sp³-hybridized carbons (Fsp3) is 0.308. The van der Waals surface area contributed by atoms with Crippen LogP contribution in [0.3, 0.4) is 0 Å². The van der Waals surface area contributed by atoms with Crippen LogP contribution in [0, 0.1) is 5.82 Å². The summed E-state index contributed by atoms with van der Waals surface area (Å²) >= 11 is 3.14. The second-order valence-electron chi connectivity index (χ2n) is 3.92. The lowest BCUT2D eigenvalue weighted by Gasteiger charge is -2.18. The highest BCUT2D eigenvalue weighted by Gasteiger charge is 2.11. The Balaban J connectivity index is 2.60. The van der Waals surface area contributed by atoms with Crippen LogP contribution in [0.1, 0.15) is 0 Å². The lowest BCUT2D eigenvalue weighted by atomic mass is 10.3. The molecule has 0 saturated heterocycles. The highest BCUT2D eigenvalue weighted by molar-refractivity contribution is 9.10. The zero-order chi connectivity index (χ0) is 14.3. The van der Waals surface area contributed by atoms with Gasteiger partial charge in [0.25, 0.3) is 0 Å². The van der Waals surface area contributed by atoms with Crippen LogP contribution < -0.4 is 5.32 Å². The molecule has 0 unspecified atom stereocenters. The van der Waals surface area contributed by atoms with Crippen LogP contribution >= 0.6 is 15.9 Å². The van der Waals surface area contributed by atoms with E-state index in [4.69, 9.17) is 5.11 Å². The molecule has 0 aliphatic heterocycles. The first kappa shape index (κ1) is 15.8. The summed E-state index contributed by atoms with van der Waals surface area (Å²) in [7, 11) is 0. The van der Waals surface area contributed by atoms with Gasteiger partial charge >= 0.3 is 0 Å². The molecule has 0 spiro atoms. The molecule has 0 saturated carbocycles. The molecule has 19 heavy (non-hydrogen) atoms. The van der Waals surface area contributed by atoms with Crippen molar-refractivity contribution in [2.24, 2.45) is 0 Å². The molecule has 0 aromatic heterocycles. The smallest absolute Gasteiger partial charge is 0.238 e. The van der Waals surface area contributed by atoms with Gasteiger partial charge in [0.15, 0.2) is 0 Å². The van der Waals surface area contributed by atoms with E-state index in [0.29, 0.717) is 17.6 Å². The Morgan fingerprint density at radius 2 is 2.32 bits per heavy atom. The Labute approximate surface area is 120 Å². The lowest BCUT2D eigenvalue weighted by molar-refractivity contribution is -0.117. The van der Waals surface area contributed by atoms with E-state index in [1.165, 1.54) is 12.1 Å². The van der Waals surface area contributed by atoms with Crippen molar-refractivity contribution in [3.8, 4) is 0 Å². The normalized spacial score (nSPS) is 10.5. The average Bonchev–Trinajstić information content (AvgIpc) is 2.33. The van der Waals surface area contributed by atoms with Crippen LogP contribution in [0.2, 0.25) is 0 Å². The Bertz CT molecular complexity index is 454. The topological polar surface area (TPSA) is 52.6 Å². The number of benzene rings is 1. The molecule has 2 N–H and O–H groups in total. The van der Waals surface area contributed by atoms with E-state index in [0.717, 1.165) is 0 Å². The van der Waals surface area contributed by atoms with E-state index < -0.39 is 5.82 Å². The second kappa shape index (κ2) is 8.04. The summed E-state index contributed by atoms with van der Waals surface area (Å²) in [5.41, 5.74) is 0.135. The third-order valence-electron chi connectivity index (χ3n) is 2.38. The molecule has 1 aromatic rings. The Morgan fingerprint density at radius 1 is 1.58 bits per heavy atom. The SMILES string of the molecule is C=CCN(CCO)CC(=O)Nc1ccc(Br)cc1F. The maximum Gasteiger partial charge on any atom is 0.238 e. The Morgan fingerprint density at radius 3 is 2.89 bits per heavy atom. The van der Waals surface area contributed by atoms with E-state index in [2.05, 4.69) is 27.8 Å². The van der Waals surface area contributed by atoms with Crippen molar-refractivity contribution in [3.05, 3.63) is 41.1 Å². The zero-order valence-corrected chi connectivity index (χ0v) is 12.0. The minimum atomic E-state index is -0.500. The minimum absolute atomic E-state index is 0.0479. The molecule has 104 valence electrons. The van der Waals surface area contributed by atoms with Crippen LogP contribution in [-0.4, -0.2) is 42.2 Å². The van der Waals surface area contributed by atoms with Gasteiger partial charge in [0.2, 0.25) is 5.91 Å². The van der Waals surface area contributed by atoms with Crippen LogP contribution in [0.4, 0.5) is 10.1 Å². The summed E-state index contributed by atoms with van der Waals surface area (Å²) < 4.78 is 14.1. The maximum atomic E-state index is 13.5. The van der Waals surface area contributed by atoms with Crippen molar-refractivity contribution in [2.45, 2.75) is 0 Å². The minimum Gasteiger partial charge on any atom is -0.395 e. The first-order valence-corrected chi connectivity index (χ1v) is 6.55. The Hall–Kier alpha value is -1.24. The quantitative estimate of drug-likeness (QED) is 0.752. The number of aliphatic hydroxyl groups excluding tert-OH is 1. The molecule has 0 aliphatic carbocycles. The standard InChI is InChI=1S/C13H16BrFN2O2/c1-2-5-17(6-7-18)9-13(19)16-12-4-3-10(14)8-11(12)15/h2-4,8,18H,1,5-7,9H2,(H,16,19). The molecule has 1 amide bonds. The highest BCUT2D eigenvalue weighted by Crippen LogP contribution is 2.19. The van der Waals surface area contributed by atoms with Crippen LogP contribution in [0.5, 0.6) is 0 Å². The number of rotatable bonds is 7. The molecule has 4 nitrogen and oxygen atoms in total. The molecule has 0 bridgehead atoms. The molecule has 1 rings (SSSR count). The molecule has 0 heterocycles. The lowest BCUT2D eigenvalue weighted by Crippen LogP contribution is -2.35. The monoisotopic (exact) mass is 330 g/mol. The van der Waals surface area contributed by atoms with Gasteiger partial charge in [-0.15, -0.1) is 6.58 Å². The third kappa shape index (κ3) is 5.50. The van der Waals surface area contributed by atoms with E-state index in [1.807, 2.05) is 0 Å². The van der Waals surface area contributed by atoms with Crippen molar-refractivity contribution in [1.82, 2.24) is 4.90 Å². The molecule has 0 radical (unpaired) electrons. The van der Waals surface area contributed by atoms with Gasteiger partial charge < -0.3 is 10.4 Å². The predicted octanol–water partition coefficient (Wildman–Crippen LogP) is 2.01. The van der Waals surface area contributed by atoms with Gasteiger partial charge in [-0.05, 0) is 18.2 Å². The number of aliphatic hydroxyl groups is 1. The van der Waals surface area contributed by atoms with Crippen molar-refractivity contribution < 1.29 is 14.3 Å². The van der Waals surface area contributed by atoms with Gasteiger partial charge in [-0.1, -0.05) is 22.0 Å². The number of amides is 1. The second-order valence-corrected chi connectivity index (χ2v) is 4.84. The van der Waals surface area contributed by atoms with E-state index >= 15 is 0 Å². The molecular weight excluding hydrogens is 315 g/mol. The van der Waals surface area contributed by atoms with Gasteiger partial charge in [-0.2, -0.15) is 0 Å². The van der Waals surface area contributed by atoms with Crippen LogP contribution in [0.25, 0.3) is 0 Å². The number of halogens is 2. The molecule has 6 heteroatoms. The summed E-state index contributed by atoms with van der Waals surface area (Å²) in [6, 6.07) is 4.42. The number of hydrogen-bond acceptors (Lipinski definition) is 3. The van der Waals surface area contributed by atoms with E-state index in [-0.39, 0.29) is 24.7 Å². The maximum absolute atomic E-state index is 13.5. The predicted molar refractivity (Wildman–Crippen MR) is 76.5 cm³/mol. The summed E-state index contributed by atoms with van der Waals surface area (Å²) in [6.07, 6.45) is 1.64. The first-order chi connectivity index (χ1) is 9.06. The number of carbonyl (C=O) groups excluding carboxylic acids is 1. The fourth-order valence-corrected chi connectivity index (χ4v) is 1.88. The molecule has 0 atom stereocenters. The summed E-state index contributed by atoms with van der Waals surface area (Å²) in [4.78, 5) is 13.5. The van der Waals surface area contributed by atoms with E-state index in [1.54, 1.807) is 17.0 Å². The molecule has 0 aliphatic rings. The fourth-order valence-electron chi connectivity index (χ4n) is 1.54. The van der Waals surface area contributed by atoms with Gasteiger partial charge in [0, 0.05) is 17.6 Å². The molecule has 1 aromatic carbocycles. The first-order valence-electron chi connectivity index (χ1n) is 5.76. The van der Waals surface area contributed by atoms with Gasteiger partial charge in [-0.25, -0.2) is 4.39 Å². The van der Waals surface area contributed by atoms with Crippen LogP contribution in [0.15, 0.2) is 35.3 Å². The average molecular weight is 331 g/mol. The number of carbonyl (C=O) groups is 1. The van der Waals surface area contributed by atoms with E-state index in [9.17, 15) is 9.18 Å². The number of anilines is 1. The number of hydrogen-bond donors (Lipinski definition) is 2. The largest absolute Gasteiger partial charge is 0.395 e. The number of nitrogens with zero attached hydrogens (tertiary/aromatic N) is 1. The summed E-state index contributed by atoms with van der Waals surface area (Å²) in [5.74, 6) is -0.836. The molecule has 0 fully saturated rings. The summed E-state index contributed by atoms with van der Waals surface area (Å²) in [6.45, 7) is 4.45. The Kier molecular flexibility index (Phi) is 6.69. The van der Waals surface area contributed by atoms with Crippen molar-refractivity contribution >= 4 is 27.5 Å². The van der Waals surface area contributed by atoms with Crippen molar-refractivity contribution in [3.63, 3.8) is 0 Å². The summed E-state index contributed by atoms with van der Waals surface area (Å²) in [5, 5.41) is 11.4. The molecular formula is C13H16BrFN2O2. The highest BCUT2D eigenvalue weighted by atomic mass is 79.9. The van der Waals surface area contributed by atoms with Gasteiger partial charge in [0.05, 0.1) is 18.8 Å². The van der Waals surface area contributed by atoms with Gasteiger partial charge in [-0.3, -0.25) is 9.69 Å².